The van der Waals surface area contributed by atoms with Gasteiger partial charge in [-0.1, -0.05) is 0 Å². The number of alkyl halides is 3. The third-order valence-electron chi connectivity index (χ3n) is 4.08. The summed E-state index contributed by atoms with van der Waals surface area (Å²) in [5, 5.41) is 0.518. The lowest BCUT2D eigenvalue weighted by molar-refractivity contribution is -0.274. The van der Waals surface area contributed by atoms with Gasteiger partial charge in [-0.3, -0.25) is 14.5 Å². The van der Waals surface area contributed by atoms with E-state index in [2.05, 4.69) is 14.7 Å². The maximum Gasteiger partial charge on any atom is 0.573 e. The molecule has 1 aliphatic heterocycles. The Hall–Kier alpha value is -2.86. The third-order valence-corrected chi connectivity index (χ3v) is 5.77. The first-order chi connectivity index (χ1) is 14.6. The van der Waals surface area contributed by atoms with Crippen LogP contribution in [0.2, 0.25) is 0 Å². The normalized spacial score (nSPS) is 16.3. The van der Waals surface area contributed by atoms with Gasteiger partial charge in [0.05, 0.1) is 15.9 Å². The van der Waals surface area contributed by atoms with E-state index in [0.29, 0.717) is 27.0 Å². The van der Waals surface area contributed by atoms with Crippen LogP contribution in [-0.4, -0.2) is 38.4 Å². The Balaban J connectivity index is 1.50. The molecule has 7 nitrogen and oxygen atoms in total. The molecule has 162 valence electrons. The lowest BCUT2D eigenvalue weighted by atomic mass is 10.3. The summed E-state index contributed by atoms with van der Waals surface area (Å²) in [5.41, 5.74) is 0.838. The number of nitrogens with zero attached hydrogens (tertiary/aromatic N) is 2. The van der Waals surface area contributed by atoms with Crippen LogP contribution in [0.3, 0.4) is 0 Å². The molecule has 12 heteroatoms. The maximum absolute atomic E-state index is 12.4. The van der Waals surface area contributed by atoms with Crippen LogP contribution in [0.15, 0.2) is 49.9 Å². The molecule has 0 radical (unpaired) electrons. The fourth-order valence-electron chi connectivity index (χ4n) is 2.83. The van der Waals surface area contributed by atoms with Crippen LogP contribution in [0, 0.1) is 0 Å². The Morgan fingerprint density at radius 1 is 1.26 bits per heavy atom. The first kappa shape index (κ1) is 21.4. The minimum absolute atomic E-state index is 0.240. The highest BCUT2D eigenvalue weighted by Crippen LogP contribution is 2.35. The fraction of sp³-hybridized carbons (Fsp3) is 0.211. The second kappa shape index (κ2) is 8.00. The Labute approximate surface area is 182 Å². The van der Waals surface area contributed by atoms with Crippen molar-refractivity contribution in [1.82, 2.24) is 14.9 Å². The molecule has 3 aromatic rings. The molecule has 0 unspecified atom stereocenters. The fourth-order valence-corrected chi connectivity index (χ4v) is 4.54. The molecule has 0 aliphatic carbocycles. The molecular formula is C19H14F3N3O4S2. The van der Waals surface area contributed by atoms with Gasteiger partial charge in [-0.05, 0) is 61.6 Å². The van der Waals surface area contributed by atoms with Crippen molar-refractivity contribution in [3.05, 3.63) is 41.0 Å². The number of furan rings is 1. The van der Waals surface area contributed by atoms with E-state index in [1.165, 1.54) is 29.2 Å². The average molecular weight is 469 g/mol. The van der Waals surface area contributed by atoms with Crippen molar-refractivity contribution in [2.24, 2.45) is 0 Å². The van der Waals surface area contributed by atoms with E-state index in [9.17, 15) is 22.8 Å². The molecule has 1 aliphatic rings. The number of rotatable bonds is 5. The van der Waals surface area contributed by atoms with Crippen molar-refractivity contribution in [1.29, 1.82) is 0 Å². The summed E-state index contributed by atoms with van der Waals surface area (Å²) in [6.07, 6.45) is -3.28. The van der Waals surface area contributed by atoms with Gasteiger partial charge in [-0.25, -0.2) is 4.98 Å². The zero-order valence-corrected chi connectivity index (χ0v) is 17.7. The van der Waals surface area contributed by atoms with Crippen molar-refractivity contribution in [2.45, 2.75) is 36.5 Å². The number of thioether (sulfide) groups is 1. The number of halogens is 3. The minimum atomic E-state index is -4.78. The lowest BCUT2D eigenvalue weighted by Crippen LogP contribution is -2.34. The van der Waals surface area contributed by atoms with Gasteiger partial charge in [0.25, 0.3) is 11.1 Å². The monoisotopic (exact) mass is 469 g/mol. The molecule has 0 saturated carbocycles. The van der Waals surface area contributed by atoms with Crippen molar-refractivity contribution in [3.63, 3.8) is 0 Å². The first-order valence-electron chi connectivity index (χ1n) is 8.89. The van der Waals surface area contributed by atoms with Gasteiger partial charge in [0.2, 0.25) is 0 Å². The number of imidazole rings is 1. The Kier molecular flexibility index (Phi) is 5.52. The van der Waals surface area contributed by atoms with E-state index in [-0.39, 0.29) is 27.8 Å². The van der Waals surface area contributed by atoms with E-state index in [1.807, 2.05) is 0 Å². The van der Waals surface area contributed by atoms with Gasteiger partial charge < -0.3 is 14.1 Å². The number of aromatic amines is 1. The van der Waals surface area contributed by atoms with Crippen molar-refractivity contribution in [3.8, 4) is 5.75 Å². The molecule has 1 fully saturated rings. The molecule has 0 bridgehead atoms. The van der Waals surface area contributed by atoms with Crippen LogP contribution >= 0.6 is 23.5 Å². The quantitative estimate of drug-likeness (QED) is 0.483. The van der Waals surface area contributed by atoms with Gasteiger partial charge in [-0.15, -0.1) is 13.2 Å². The average Bonchev–Trinajstić information content (AvgIpc) is 3.32. The second-order valence-electron chi connectivity index (χ2n) is 6.67. The van der Waals surface area contributed by atoms with Gasteiger partial charge >= 0.3 is 6.36 Å². The van der Waals surface area contributed by atoms with Gasteiger partial charge in [0.15, 0.2) is 10.2 Å². The Morgan fingerprint density at radius 3 is 2.71 bits per heavy atom. The van der Waals surface area contributed by atoms with E-state index in [1.54, 1.807) is 26.0 Å². The highest BCUT2D eigenvalue weighted by molar-refractivity contribution is 8.18. The molecule has 2 amide bonds. The number of amides is 2. The highest BCUT2D eigenvalue weighted by Gasteiger charge is 2.37. The molecule has 1 saturated heterocycles. The number of imide groups is 1. The number of hydrogen-bond acceptors (Lipinski definition) is 7. The van der Waals surface area contributed by atoms with Crippen LogP contribution in [0.4, 0.5) is 18.0 Å². The lowest BCUT2D eigenvalue weighted by Gasteiger charge is -2.16. The number of nitrogens with one attached hydrogen (secondary N) is 1. The van der Waals surface area contributed by atoms with Gasteiger partial charge in [0, 0.05) is 18.2 Å². The number of hydrogen-bond donors (Lipinski definition) is 1. The molecule has 31 heavy (non-hydrogen) atoms. The van der Waals surface area contributed by atoms with Crippen LogP contribution in [-0.2, 0) is 4.79 Å². The predicted molar refractivity (Wildman–Crippen MR) is 109 cm³/mol. The third kappa shape index (κ3) is 4.74. The number of aromatic nitrogens is 2. The van der Waals surface area contributed by atoms with E-state index < -0.39 is 6.36 Å². The zero-order chi connectivity index (χ0) is 22.3. The Bertz CT molecular complexity index is 1200. The molecule has 3 heterocycles. The predicted octanol–water partition coefficient (Wildman–Crippen LogP) is 5.65. The van der Waals surface area contributed by atoms with E-state index >= 15 is 0 Å². The molecule has 0 spiro atoms. The van der Waals surface area contributed by atoms with Gasteiger partial charge in [0.1, 0.15) is 11.5 Å². The summed E-state index contributed by atoms with van der Waals surface area (Å²) in [5.74, 6) is -0.339. The van der Waals surface area contributed by atoms with Crippen LogP contribution < -0.4 is 4.74 Å². The van der Waals surface area contributed by atoms with Crippen molar-refractivity contribution < 1.29 is 31.9 Å². The molecule has 1 aromatic carbocycles. The van der Waals surface area contributed by atoms with E-state index in [0.717, 1.165) is 23.5 Å². The van der Waals surface area contributed by atoms with Crippen LogP contribution in [0.5, 0.6) is 5.75 Å². The molecule has 0 atom stereocenters. The largest absolute Gasteiger partial charge is 0.573 e. The first-order valence-corrected chi connectivity index (χ1v) is 10.5. The molecule has 2 aromatic heterocycles. The minimum Gasteiger partial charge on any atom is -0.450 e. The standard InChI is InChI=1S/C19H14F3N3O4S2/c1-9(2)25-16(26)14(30-18(25)27)8-10-4-6-15(28-10)31-17-23-12-5-3-11(7-13(12)24-17)29-19(20,21)22/h3-9H,1-2H3,(H,23,24). The zero-order valence-electron chi connectivity index (χ0n) is 16.0. The summed E-state index contributed by atoms with van der Waals surface area (Å²) in [7, 11) is 0. The maximum atomic E-state index is 12.4. The molecule has 4 rings (SSSR count). The number of benzene rings is 1. The highest BCUT2D eigenvalue weighted by atomic mass is 32.2. The topological polar surface area (TPSA) is 88.4 Å². The smallest absolute Gasteiger partial charge is 0.450 e. The number of carbonyl (C=O) groups excluding carboxylic acids is 2. The molecular weight excluding hydrogens is 455 g/mol. The van der Waals surface area contributed by atoms with Crippen LogP contribution in [0.25, 0.3) is 17.1 Å². The van der Waals surface area contributed by atoms with Gasteiger partial charge in [-0.2, -0.15) is 0 Å². The van der Waals surface area contributed by atoms with Crippen molar-refractivity contribution >= 4 is 51.8 Å². The van der Waals surface area contributed by atoms with Crippen molar-refractivity contribution in [2.75, 3.05) is 0 Å². The summed E-state index contributed by atoms with van der Waals surface area (Å²) in [6, 6.07) is 6.86. The molecule has 1 N–H and O–H groups in total. The number of H-pyrrole nitrogens is 1. The number of fused-ring (bicyclic) bond motifs is 1. The number of carbonyl (C=O) groups is 2. The summed E-state index contributed by atoms with van der Waals surface area (Å²) >= 11 is 1.97. The summed E-state index contributed by atoms with van der Waals surface area (Å²) < 4.78 is 46.7. The Morgan fingerprint density at radius 2 is 2.03 bits per heavy atom. The number of ether oxygens (including phenoxy) is 1. The van der Waals surface area contributed by atoms with E-state index in [4.69, 9.17) is 4.42 Å². The SMILES string of the molecule is CC(C)N1C(=O)SC(=Cc2ccc(Sc3nc4ccc(OC(F)(F)F)cc4[nH]3)o2)C1=O. The summed E-state index contributed by atoms with van der Waals surface area (Å²) in [4.78, 5) is 33.0. The summed E-state index contributed by atoms with van der Waals surface area (Å²) in [6.45, 7) is 3.51. The second-order valence-corrected chi connectivity index (χ2v) is 8.66. The van der Waals surface area contributed by atoms with Crippen LogP contribution in [0.1, 0.15) is 19.6 Å².